The SMILES string of the molecule is O=C(O)CNC(c1cccc(Br)c1)C(O)C(=O)O. The first-order valence-corrected chi connectivity index (χ1v) is 5.82. The summed E-state index contributed by atoms with van der Waals surface area (Å²) >= 11 is 3.22. The van der Waals surface area contributed by atoms with Crippen molar-refractivity contribution in [3.05, 3.63) is 34.3 Å². The van der Waals surface area contributed by atoms with Crippen molar-refractivity contribution in [2.45, 2.75) is 12.1 Å². The van der Waals surface area contributed by atoms with Gasteiger partial charge in [-0.2, -0.15) is 0 Å². The minimum atomic E-state index is -1.72. The Morgan fingerprint density at radius 1 is 1.33 bits per heavy atom. The summed E-state index contributed by atoms with van der Waals surface area (Å²) in [7, 11) is 0. The molecule has 0 spiro atoms. The van der Waals surface area contributed by atoms with Gasteiger partial charge in [0, 0.05) is 4.47 Å². The van der Waals surface area contributed by atoms with Crippen LogP contribution in [0.3, 0.4) is 0 Å². The molecule has 0 aromatic heterocycles. The average molecular weight is 318 g/mol. The Kier molecular flexibility index (Phi) is 5.26. The van der Waals surface area contributed by atoms with Crippen LogP contribution in [0.4, 0.5) is 0 Å². The molecule has 0 radical (unpaired) electrons. The third-order valence-electron chi connectivity index (χ3n) is 2.25. The number of nitrogens with one attached hydrogen (secondary N) is 1. The van der Waals surface area contributed by atoms with Gasteiger partial charge in [0.1, 0.15) is 0 Å². The van der Waals surface area contributed by atoms with E-state index in [2.05, 4.69) is 21.2 Å². The highest BCUT2D eigenvalue weighted by Crippen LogP contribution is 2.21. The topological polar surface area (TPSA) is 107 Å². The second kappa shape index (κ2) is 6.48. The number of aliphatic carboxylic acids is 2. The third kappa shape index (κ3) is 4.10. The maximum absolute atomic E-state index is 10.8. The van der Waals surface area contributed by atoms with Gasteiger partial charge in [-0.05, 0) is 17.7 Å². The van der Waals surface area contributed by atoms with E-state index < -0.39 is 30.6 Å². The van der Waals surface area contributed by atoms with Crippen molar-refractivity contribution < 1.29 is 24.9 Å². The van der Waals surface area contributed by atoms with Gasteiger partial charge in [-0.15, -0.1) is 0 Å². The molecule has 2 unspecified atom stereocenters. The van der Waals surface area contributed by atoms with E-state index in [1.807, 2.05) is 0 Å². The molecule has 4 N–H and O–H groups in total. The zero-order chi connectivity index (χ0) is 13.7. The predicted octanol–water partition coefficient (Wildman–Crippen LogP) is 0.610. The predicted molar refractivity (Wildman–Crippen MR) is 66.2 cm³/mol. The second-order valence-corrected chi connectivity index (χ2v) is 4.51. The van der Waals surface area contributed by atoms with Crippen molar-refractivity contribution in [1.82, 2.24) is 5.32 Å². The number of hydrogen-bond donors (Lipinski definition) is 4. The highest BCUT2D eigenvalue weighted by atomic mass is 79.9. The van der Waals surface area contributed by atoms with Crippen molar-refractivity contribution in [2.24, 2.45) is 0 Å². The summed E-state index contributed by atoms with van der Waals surface area (Å²) < 4.78 is 0.708. The van der Waals surface area contributed by atoms with Crippen molar-refractivity contribution in [3.63, 3.8) is 0 Å². The minimum absolute atomic E-state index is 0.443. The fourth-order valence-corrected chi connectivity index (χ4v) is 1.87. The first-order valence-electron chi connectivity index (χ1n) is 5.03. The molecule has 0 heterocycles. The number of rotatable bonds is 6. The van der Waals surface area contributed by atoms with Crippen LogP contribution in [-0.2, 0) is 9.59 Å². The van der Waals surface area contributed by atoms with Crippen LogP contribution >= 0.6 is 15.9 Å². The molecule has 0 aliphatic heterocycles. The van der Waals surface area contributed by atoms with E-state index in [0.29, 0.717) is 10.0 Å². The summed E-state index contributed by atoms with van der Waals surface area (Å²) in [6.07, 6.45) is -1.72. The Morgan fingerprint density at radius 2 is 2.00 bits per heavy atom. The first kappa shape index (κ1) is 14.6. The van der Waals surface area contributed by atoms with E-state index >= 15 is 0 Å². The molecule has 0 saturated carbocycles. The van der Waals surface area contributed by atoms with Crippen LogP contribution in [-0.4, -0.2) is 39.9 Å². The van der Waals surface area contributed by atoms with Gasteiger partial charge in [0.25, 0.3) is 0 Å². The number of benzene rings is 1. The molecular weight excluding hydrogens is 306 g/mol. The maximum atomic E-state index is 10.8. The van der Waals surface area contributed by atoms with Gasteiger partial charge >= 0.3 is 11.9 Å². The van der Waals surface area contributed by atoms with Gasteiger partial charge in [0.15, 0.2) is 6.10 Å². The van der Waals surface area contributed by atoms with Gasteiger partial charge in [-0.3, -0.25) is 10.1 Å². The molecule has 0 amide bonds. The van der Waals surface area contributed by atoms with E-state index in [0.717, 1.165) is 0 Å². The van der Waals surface area contributed by atoms with Crippen LogP contribution in [0.5, 0.6) is 0 Å². The first-order chi connectivity index (χ1) is 8.41. The summed E-state index contributed by atoms with van der Waals surface area (Å²) in [6, 6.07) is 5.65. The van der Waals surface area contributed by atoms with Crippen LogP contribution in [0.15, 0.2) is 28.7 Å². The zero-order valence-electron chi connectivity index (χ0n) is 9.21. The lowest BCUT2D eigenvalue weighted by Crippen LogP contribution is -2.39. The Balaban J connectivity index is 2.96. The normalized spacial score (nSPS) is 13.9. The summed E-state index contributed by atoms with van der Waals surface area (Å²) in [4.78, 5) is 21.3. The van der Waals surface area contributed by atoms with Gasteiger partial charge in [0.2, 0.25) is 0 Å². The molecule has 0 aliphatic rings. The Labute approximate surface area is 111 Å². The lowest BCUT2D eigenvalue weighted by atomic mass is 10.0. The molecule has 1 rings (SSSR count). The Hall–Kier alpha value is -1.44. The van der Waals surface area contributed by atoms with Gasteiger partial charge in [-0.1, -0.05) is 28.1 Å². The van der Waals surface area contributed by atoms with Gasteiger partial charge in [-0.25, -0.2) is 4.79 Å². The molecule has 0 fully saturated rings. The number of carboxylic acids is 2. The molecule has 6 nitrogen and oxygen atoms in total. The highest BCUT2D eigenvalue weighted by Gasteiger charge is 2.27. The Morgan fingerprint density at radius 3 is 2.50 bits per heavy atom. The number of halogens is 1. The molecule has 0 saturated heterocycles. The molecule has 0 bridgehead atoms. The fourth-order valence-electron chi connectivity index (χ4n) is 1.45. The highest BCUT2D eigenvalue weighted by molar-refractivity contribution is 9.10. The summed E-state index contributed by atoms with van der Waals surface area (Å²) in [5.41, 5.74) is 0.487. The molecule has 98 valence electrons. The van der Waals surface area contributed by atoms with Crippen molar-refractivity contribution in [2.75, 3.05) is 6.54 Å². The number of carbonyl (C=O) groups is 2. The maximum Gasteiger partial charge on any atom is 0.334 e. The van der Waals surface area contributed by atoms with Crippen LogP contribution in [0.25, 0.3) is 0 Å². The Bertz CT molecular complexity index is 451. The molecule has 2 atom stereocenters. The largest absolute Gasteiger partial charge is 0.480 e. The van der Waals surface area contributed by atoms with Crippen molar-refractivity contribution in [3.8, 4) is 0 Å². The van der Waals surface area contributed by atoms with Crippen molar-refractivity contribution >= 4 is 27.9 Å². The minimum Gasteiger partial charge on any atom is -0.480 e. The summed E-state index contributed by atoms with van der Waals surface area (Å²) in [5, 5.41) is 29.4. The second-order valence-electron chi connectivity index (χ2n) is 3.59. The lowest BCUT2D eigenvalue weighted by molar-refractivity contribution is -0.149. The summed E-state index contributed by atoms with van der Waals surface area (Å²) in [5.74, 6) is -2.55. The molecule has 1 aromatic carbocycles. The molecule has 1 aromatic rings. The fraction of sp³-hybridized carbons (Fsp3) is 0.273. The van der Waals surface area contributed by atoms with E-state index in [1.165, 1.54) is 0 Å². The monoisotopic (exact) mass is 317 g/mol. The van der Waals surface area contributed by atoms with Crippen LogP contribution in [0, 0.1) is 0 Å². The standard InChI is InChI=1S/C11H12BrNO5/c12-7-3-1-2-6(4-7)9(10(16)11(17)18)13-5-8(14)15/h1-4,9-10,13,16H,5H2,(H,14,15)(H,17,18). The van der Waals surface area contributed by atoms with Gasteiger partial charge < -0.3 is 15.3 Å². The van der Waals surface area contributed by atoms with Crippen molar-refractivity contribution in [1.29, 1.82) is 0 Å². The van der Waals surface area contributed by atoms with E-state index in [9.17, 15) is 14.7 Å². The van der Waals surface area contributed by atoms with E-state index in [4.69, 9.17) is 10.2 Å². The quantitative estimate of drug-likeness (QED) is 0.612. The average Bonchev–Trinajstić information content (AvgIpc) is 2.28. The zero-order valence-corrected chi connectivity index (χ0v) is 10.8. The third-order valence-corrected chi connectivity index (χ3v) is 2.74. The van der Waals surface area contributed by atoms with Crippen LogP contribution in [0.2, 0.25) is 0 Å². The molecule has 0 aliphatic carbocycles. The molecule has 18 heavy (non-hydrogen) atoms. The van der Waals surface area contributed by atoms with E-state index in [-0.39, 0.29) is 0 Å². The van der Waals surface area contributed by atoms with Gasteiger partial charge in [0.05, 0.1) is 12.6 Å². The van der Waals surface area contributed by atoms with Crippen LogP contribution in [0.1, 0.15) is 11.6 Å². The molecular formula is C11H12BrNO5. The summed E-state index contributed by atoms with van der Waals surface area (Å²) in [6.45, 7) is -0.443. The van der Waals surface area contributed by atoms with E-state index in [1.54, 1.807) is 24.3 Å². The number of carboxylic acid groups (broad SMARTS) is 2. The number of aliphatic hydroxyl groups is 1. The van der Waals surface area contributed by atoms with Crippen LogP contribution < -0.4 is 5.32 Å². The number of aliphatic hydroxyl groups excluding tert-OH is 1. The smallest absolute Gasteiger partial charge is 0.334 e. The lowest BCUT2D eigenvalue weighted by Gasteiger charge is -2.21. The number of hydrogen-bond acceptors (Lipinski definition) is 4. The molecule has 7 heteroatoms.